The van der Waals surface area contributed by atoms with E-state index < -0.39 is 0 Å². The quantitative estimate of drug-likeness (QED) is 0.837. The fourth-order valence-electron chi connectivity index (χ4n) is 1.86. The van der Waals surface area contributed by atoms with Crippen LogP contribution in [0.5, 0.6) is 23.0 Å². The van der Waals surface area contributed by atoms with Gasteiger partial charge >= 0.3 is 0 Å². The van der Waals surface area contributed by atoms with Crippen LogP contribution in [0.15, 0.2) is 36.4 Å². The molecule has 0 amide bonds. The van der Waals surface area contributed by atoms with Crippen molar-refractivity contribution in [1.82, 2.24) is 0 Å². The van der Waals surface area contributed by atoms with Gasteiger partial charge in [-0.05, 0) is 24.3 Å². The first-order chi connectivity index (χ1) is 9.58. The average Bonchev–Trinajstić information content (AvgIpc) is 2.47. The van der Waals surface area contributed by atoms with E-state index in [9.17, 15) is 15.0 Å². The maximum atomic E-state index is 12.4. The number of hydrogen-bond donors (Lipinski definition) is 2. The Labute approximate surface area is 116 Å². The smallest absolute Gasteiger partial charge is 0.203 e. The van der Waals surface area contributed by atoms with Crippen LogP contribution in [-0.2, 0) is 0 Å². The third-order valence-corrected chi connectivity index (χ3v) is 2.89. The Morgan fingerprint density at radius 2 is 1.80 bits per heavy atom. The molecule has 0 fully saturated rings. The van der Waals surface area contributed by atoms with Crippen LogP contribution in [0, 0.1) is 0 Å². The molecule has 0 saturated heterocycles. The van der Waals surface area contributed by atoms with E-state index in [0.717, 1.165) is 0 Å². The second kappa shape index (κ2) is 5.52. The molecule has 0 bridgehead atoms. The van der Waals surface area contributed by atoms with Gasteiger partial charge in [0, 0.05) is 5.56 Å². The summed E-state index contributed by atoms with van der Waals surface area (Å²) < 4.78 is 9.93. The zero-order valence-electron chi connectivity index (χ0n) is 11.1. The maximum Gasteiger partial charge on any atom is 0.203 e. The van der Waals surface area contributed by atoms with Crippen molar-refractivity contribution in [3.8, 4) is 23.0 Å². The Morgan fingerprint density at radius 3 is 2.45 bits per heavy atom. The normalized spacial score (nSPS) is 10.1. The van der Waals surface area contributed by atoms with Crippen LogP contribution < -0.4 is 9.47 Å². The van der Waals surface area contributed by atoms with Gasteiger partial charge in [-0.3, -0.25) is 4.79 Å². The second-order valence-electron chi connectivity index (χ2n) is 4.08. The molecule has 0 saturated carbocycles. The summed E-state index contributed by atoms with van der Waals surface area (Å²) in [6, 6.07) is 9.22. The number of hydrogen-bond acceptors (Lipinski definition) is 5. The third-order valence-electron chi connectivity index (χ3n) is 2.89. The molecule has 5 nitrogen and oxygen atoms in total. The first kappa shape index (κ1) is 13.7. The summed E-state index contributed by atoms with van der Waals surface area (Å²) in [5.74, 6) is -0.591. The van der Waals surface area contributed by atoms with Crippen LogP contribution in [0.4, 0.5) is 0 Å². The number of aromatic hydroxyl groups is 2. The van der Waals surface area contributed by atoms with E-state index in [4.69, 9.17) is 9.47 Å². The van der Waals surface area contributed by atoms with Crippen LogP contribution >= 0.6 is 0 Å². The van der Waals surface area contributed by atoms with Gasteiger partial charge in [-0.15, -0.1) is 0 Å². The molecule has 0 spiro atoms. The van der Waals surface area contributed by atoms with E-state index in [1.807, 2.05) is 0 Å². The van der Waals surface area contributed by atoms with Crippen LogP contribution in [-0.4, -0.2) is 30.2 Å². The zero-order chi connectivity index (χ0) is 14.7. The third kappa shape index (κ3) is 2.38. The fourth-order valence-corrected chi connectivity index (χ4v) is 1.86. The van der Waals surface area contributed by atoms with Gasteiger partial charge in [-0.2, -0.15) is 0 Å². The molecule has 0 aliphatic carbocycles. The number of methoxy groups -OCH3 is 2. The van der Waals surface area contributed by atoms with Crippen molar-refractivity contribution in [1.29, 1.82) is 0 Å². The molecule has 2 aromatic carbocycles. The molecule has 0 aliphatic rings. The van der Waals surface area contributed by atoms with Gasteiger partial charge in [0.1, 0.15) is 5.75 Å². The highest BCUT2D eigenvalue weighted by atomic mass is 16.5. The molecule has 20 heavy (non-hydrogen) atoms. The van der Waals surface area contributed by atoms with Gasteiger partial charge < -0.3 is 19.7 Å². The molecule has 0 aliphatic heterocycles. The Morgan fingerprint density at radius 1 is 1.05 bits per heavy atom. The lowest BCUT2D eigenvalue weighted by Crippen LogP contribution is -2.03. The van der Waals surface area contributed by atoms with E-state index in [1.54, 1.807) is 24.3 Å². The van der Waals surface area contributed by atoms with Gasteiger partial charge in [0.05, 0.1) is 19.8 Å². The zero-order valence-corrected chi connectivity index (χ0v) is 11.1. The average molecular weight is 274 g/mol. The Kier molecular flexibility index (Phi) is 3.79. The summed E-state index contributed by atoms with van der Waals surface area (Å²) in [4.78, 5) is 12.4. The molecule has 5 heteroatoms. The number of phenols is 2. The predicted octanol–water partition coefficient (Wildman–Crippen LogP) is 2.35. The minimum atomic E-state index is -0.389. The minimum absolute atomic E-state index is 0.0490. The number of rotatable bonds is 4. The lowest BCUT2D eigenvalue weighted by atomic mass is 10.0. The number of carbonyl (C=O) groups excluding carboxylic acids is 1. The standard InChI is InChI=1S/C15H14O5/c1-19-10-5-3-4-9(8-10)13(17)11-6-7-12(16)15(20-2)14(11)18/h3-8,16,18H,1-2H3. The van der Waals surface area contributed by atoms with E-state index in [-0.39, 0.29) is 28.6 Å². The first-order valence-electron chi connectivity index (χ1n) is 5.86. The molecule has 0 aromatic heterocycles. The van der Waals surface area contributed by atoms with Crippen molar-refractivity contribution in [2.75, 3.05) is 14.2 Å². The van der Waals surface area contributed by atoms with Crippen LogP contribution in [0.1, 0.15) is 15.9 Å². The van der Waals surface area contributed by atoms with Crippen molar-refractivity contribution in [2.45, 2.75) is 0 Å². The van der Waals surface area contributed by atoms with Gasteiger partial charge in [-0.25, -0.2) is 0 Å². The lowest BCUT2D eigenvalue weighted by Gasteiger charge is -2.10. The van der Waals surface area contributed by atoms with Gasteiger partial charge in [0.15, 0.2) is 17.3 Å². The largest absolute Gasteiger partial charge is 0.504 e. The molecule has 2 aromatic rings. The van der Waals surface area contributed by atoms with E-state index >= 15 is 0 Å². The van der Waals surface area contributed by atoms with Crippen LogP contribution in [0.2, 0.25) is 0 Å². The van der Waals surface area contributed by atoms with Crippen molar-refractivity contribution in [2.24, 2.45) is 0 Å². The van der Waals surface area contributed by atoms with Crippen molar-refractivity contribution >= 4 is 5.78 Å². The Bertz CT molecular complexity index is 649. The molecular formula is C15H14O5. The number of phenolic OH excluding ortho intramolecular Hbond substituents is 2. The first-order valence-corrected chi connectivity index (χ1v) is 5.86. The summed E-state index contributed by atoms with van der Waals surface area (Å²) in [5, 5.41) is 19.5. The monoisotopic (exact) mass is 274 g/mol. The molecular weight excluding hydrogens is 260 g/mol. The maximum absolute atomic E-state index is 12.4. The highest BCUT2D eigenvalue weighted by molar-refractivity contribution is 6.11. The highest BCUT2D eigenvalue weighted by Gasteiger charge is 2.19. The van der Waals surface area contributed by atoms with Gasteiger partial charge in [0.25, 0.3) is 0 Å². The SMILES string of the molecule is COc1cccc(C(=O)c2ccc(O)c(OC)c2O)c1. The second-order valence-corrected chi connectivity index (χ2v) is 4.08. The van der Waals surface area contributed by atoms with E-state index in [2.05, 4.69) is 0 Å². The van der Waals surface area contributed by atoms with Gasteiger partial charge in [0.2, 0.25) is 5.75 Å². The molecule has 0 unspecified atom stereocenters. The van der Waals surface area contributed by atoms with Crippen molar-refractivity contribution in [3.63, 3.8) is 0 Å². The van der Waals surface area contributed by atoms with Gasteiger partial charge in [-0.1, -0.05) is 12.1 Å². The highest BCUT2D eigenvalue weighted by Crippen LogP contribution is 2.39. The summed E-state index contributed by atoms with van der Waals surface area (Å²) in [7, 11) is 2.80. The topological polar surface area (TPSA) is 76.0 Å². The van der Waals surface area contributed by atoms with E-state index in [0.29, 0.717) is 11.3 Å². The predicted molar refractivity (Wildman–Crippen MR) is 72.8 cm³/mol. The molecule has 2 N–H and O–H groups in total. The summed E-state index contributed by atoms with van der Waals surface area (Å²) in [6.45, 7) is 0. The summed E-state index contributed by atoms with van der Waals surface area (Å²) >= 11 is 0. The van der Waals surface area contributed by atoms with Crippen molar-refractivity contribution < 1.29 is 24.5 Å². The lowest BCUT2D eigenvalue weighted by molar-refractivity contribution is 0.103. The molecule has 2 rings (SSSR count). The minimum Gasteiger partial charge on any atom is -0.504 e. The fraction of sp³-hybridized carbons (Fsp3) is 0.133. The Balaban J connectivity index is 2.48. The number of carbonyl (C=O) groups is 1. The summed E-state index contributed by atoms with van der Waals surface area (Å²) in [5.41, 5.74) is 0.417. The van der Waals surface area contributed by atoms with Crippen molar-refractivity contribution in [3.05, 3.63) is 47.5 Å². The number of ether oxygens (including phenoxy) is 2. The molecule has 104 valence electrons. The molecule has 0 heterocycles. The number of benzene rings is 2. The van der Waals surface area contributed by atoms with Crippen LogP contribution in [0.25, 0.3) is 0 Å². The number of ketones is 1. The molecule has 0 atom stereocenters. The Hall–Kier alpha value is -2.69. The molecule has 0 radical (unpaired) electrons. The van der Waals surface area contributed by atoms with E-state index in [1.165, 1.54) is 26.4 Å². The summed E-state index contributed by atoms with van der Waals surface area (Å²) in [6.07, 6.45) is 0. The van der Waals surface area contributed by atoms with Crippen LogP contribution in [0.3, 0.4) is 0 Å².